The molecule has 16 N–H and O–H groups in total. The lowest BCUT2D eigenvalue weighted by molar-refractivity contribution is -0.140. The fraction of sp³-hybridized carbons (Fsp3) is 0.574. The van der Waals surface area contributed by atoms with Crippen molar-refractivity contribution < 1.29 is 72.5 Å². The van der Waals surface area contributed by atoms with Gasteiger partial charge in [0, 0.05) is 49.3 Å². The van der Waals surface area contributed by atoms with Crippen LogP contribution >= 0.6 is 0 Å². The predicted octanol–water partition coefficient (Wildman–Crippen LogP) is 1.96. The lowest BCUT2D eigenvalue weighted by atomic mass is 9.79. The Morgan fingerprint density at radius 2 is 1.28 bits per heavy atom. The second kappa shape index (κ2) is 37.9. The molecule has 27 heteroatoms. The highest BCUT2D eigenvalue weighted by Crippen LogP contribution is 2.31. The van der Waals surface area contributed by atoms with E-state index in [2.05, 4.69) is 52.8 Å². The van der Waals surface area contributed by atoms with Crippen molar-refractivity contribution in [3.8, 4) is 5.75 Å². The number of aliphatic hydroxyl groups excluding tert-OH is 1. The van der Waals surface area contributed by atoms with Crippen LogP contribution in [0.5, 0.6) is 5.75 Å². The highest BCUT2D eigenvalue weighted by Gasteiger charge is 2.41. The Balaban J connectivity index is 1.77. The summed E-state index contributed by atoms with van der Waals surface area (Å²) in [6.07, 6.45) is 9.46. The molecule has 0 spiro atoms. The Morgan fingerprint density at radius 3 is 1.93 bits per heavy atom. The van der Waals surface area contributed by atoms with Gasteiger partial charge < -0.3 is 74.5 Å². The average molecular weight is 1330 g/mol. The van der Waals surface area contributed by atoms with E-state index < -0.39 is 149 Å². The van der Waals surface area contributed by atoms with Crippen LogP contribution < -0.4 is 59.3 Å². The van der Waals surface area contributed by atoms with Gasteiger partial charge in [0.15, 0.2) is 0 Å². The fourth-order valence-electron chi connectivity index (χ4n) is 11.0. The van der Waals surface area contributed by atoms with Crippen LogP contribution in [0.4, 0.5) is 0 Å². The quantitative estimate of drug-likeness (QED) is 0.0568. The molecule has 4 unspecified atom stereocenters. The Kier molecular flexibility index (Phi) is 31.3. The first-order valence-electron chi connectivity index (χ1n) is 32.7. The molecule has 11 atom stereocenters. The molecule has 1 aliphatic rings. The number of carbonyl (C=O) groups is 13. The van der Waals surface area contributed by atoms with Gasteiger partial charge in [0.2, 0.25) is 70.6 Å². The van der Waals surface area contributed by atoms with Gasteiger partial charge in [-0.2, -0.15) is 0 Å². The number of hydrogen-bond acceptors (Lipinski definition) is 16. The minimum atomic E-state index is -1.78. The number of nitrogens with one attached hydrogen (secondary N) is 10. The van der Waals surface area contributed by atoms with Crippen molar-refractivity contribution in [2.45, 2.75) is 219 Å². The summed E-state index contributed by atoms with van der Waals surface area (Å²) in [5.41, 5.74) is 9.59. The minimum Gasteiger partial charge on any atom is -0.508 e. The maximum absolute atomic E-state index is 14.8. The van der Waals surface area contributed by atoms with Crippen molar-refractivity contribution in [1.82, 2.24) is 52.8 Å². The summed E-state index contributed by atoms with van der Waals surface area (Å²) >= 11 is 0. The third-order valence-electron chi connectivity index (χ3n) is 17.0. The molecular formula is C68H100N12O15. The van der Waals surface area contributed by atoms with Gasteiger partial charge in [-0.15, -0.1) is 0 Å². The van der Waals surface area contributed by atoms with Crippen LogP contribution in [0, 0.1) is 17.3 Å². The van der Waals surface area contributed by atoms with Crippen LogP contribution in [0.1, 0.15) is 163 Å². The van der Waals surface area contributed by atoms with Gasteiger partial charge in [-0.3, -0.25) is 62.3 Å². The number of H-pyrrole nitrogens is 1. The first-order valence-corrected chi connectivity index (χ1v) is 32.7. The van der Waals surface area contributed by atoms with E-state index in [1.54, 1.807) is 37.4 Å². The number of aromatic hydroxyl groups is 1. The number of nitrogens with two attached hydrogens (primary N) is 2. The number of allylic oxidation sites excluding steroid dienone is 2. The molecule has 1 aromatic heterocycles. The summed E-state index contributed by atoms with van der Waals surface area (Å²) in [4.78, 5) is 182. The molecular weight excluding hydrogens is 1220 g/mol. The van der Waals surface area contributed by atoms with E-state index >= 15 is 0 Å². The number of para-hydroxylation sites is 1. The number of fused-ring (bicyclic) bond motifs is 1. The maximum Gasteiger partial charge on any atom is 0.246 e. The monoisotopic (exact) mass is 1320 g/mol. The number of Topliss-reactive ketones (excluding diaryl/α,β-unsaturated/α-hetero) is 3. The molecule has 4 rings (SSSR count). The highest BCUT2D eigenvalue weighted by atomic mass is 16.3. The first kappa shape index (κ1) is 78.6. The Hall–Kier alpha value is -8.85. The van der Waals surface area contributed by atoms with E-state index in [0.717, 1.165) is 12.8 Å². The third-order valence-corrected chi connectivity index (χ3v) is 17.0. The number of aromatic amines is 1. The van der Waals surface area contributed by atoms with E-state index in [-0.39, 0.29) is 62.5 Å². The summed E-state index contributed by atoms with van der Waals surface area (Å²) in [6, 6.07) is 1.84. The molecule has 0 radical (unpaired) electrons. The van der Waals surface area contributed by atoms with Gasteiger partial charge >= 0.3 is 0 Å². The summed E-state index contributed by atoms with van der Waals surface area (Å²) in [5.74, 6) is -11.6. The number of rotatable bonds is 20. The number of phenols is 1. The molecule has 95 heavy (non-hydrogen) atoms. The molecule has 0 bridgehead atoms. The first-order chi connectivity index (χ1) is 44.8. The number of benzene rings is 2. The van der Waals surface area contributed by atoms with Gasteiger partial charge in [-0.25, -0.2) is 0 Å². The SMILES string of the molecule is CC(=O)C[C@]1(C)CCCCCC/C=C/CCC[C@@](C)(C(=O)NC(CO)C(=O)N[C@@H](C)C(=O)NC(C)C(N)=O)NC(=O)[C@H](CCC(C)C)CN[C@@H](CCC(N)=O)C(=O)C(=O)C(C)NC(=O)[C@H](Cc2c[nH]c3ccccc23)NC(=O)[C@H](Cc2ccc(O)cc2)NC(=O)C(C)NC1=O. The number of phenolic OH excluding ortho intramolecular Hbond substituents is 1. The lowest BCUT2D eigenvalue weighted by Gasteiger charge is -2.33. The van der Waals surface area contributed by atoms with E-state index in [9.17, 15) is 72.5 Å². The maximum atomic E-state index is 14.8. The van der Waals surface area contributed by atoms with E-state index in [1.165, 1.54) is 65.8 Å². The standard InChI is InChI=1S/C68H100N12O15/c1-39(2)23-26-46-36-72-51(29-30-55(69)84)57(86)56(85)41(4)73-62(91)53(34-47-37-71-50-22-18-17-21-49(47)50)78-63(92)52(33-45-24-27-48(83)28-25-45)77-60(89)44(7)76-65(94)67(8,35-40(3)82)31-19-15-13-11-10-12-14-16-20-32-68(9,80-61(46)90)66(95)79-54(38-81)64(93)75-43(6)59(88)74-42(5)58(70)87/h12,14,17-18,21-22,24-25,27-28,37,39,41-44,46,51-54,71-72,81,83H,10-11,13,15-16,19-20,23,26,29-36,38H2,1-9H3,(H2,69,84)(H2,70,87)(H,73,91)(H,74,88)(H,75,93)(H,76,94)(H,77,89)(H,78,92)(H,79,95)(H,80,90)/b14-12+/t41?,42?,43-,44?,46+,51-,52-,53-,54?,67-,68-/m0/s1. The molecule has 3 aromatic rings. The number of amides is 10. The molecule has 27 nitrogen and oxygen atoms in total. The number of ketones is 3. The molecule has 0 fully saturated rings. The Morgan fingerprint density at radius 1 is 0.663 bits per heavy atom. The van der Waals surface area contributed by atoms with Crippen molar-refractivity contribution in [1.29, 1.82) is 0 Å². The number of aliphatic hydroxyl groups is 1. The summed E-state index contributed by atoms with van der Waals surface area (Å²) in [7, 11) is 0. The Labute approximate surface area is 555 Å². The topological polar surface area (TPSA) is 438 Å². The van der Waals surface area contributed by atoms with E-state index in [0.29, 0.717) is 67.0 Å². The van der Waals surface area contributed by atoms with E-state index in [1.807, 2.05) is 26.0 Å². The van der Waals surface area contributed by atoms with Gasteiger partial charge in [-0.05, 0) is 128 Å². The zero-order valence-corrected chi connectivity index (χ0v) is 56.2. The minimum absolute atomic E-state index is 0.0105. The average Bonchev–Trinajstić information content (AvgIpc) is 1.82. The van der Waals surface area contributed by atoms with Crippen molar-refractivity contribution in [3.05, 3.63) is 78.0 Å². The van der Waals surface area contributed by atoms with Crippen molar-refractivity contribution in [3.63, 3.8) is 0 Å². The predicted molar refractivity (Wildman–Crippen MR) is 355 cm³/mol. The van der Waals surface area contributed by atoms with Crippen molar-refractivity contribution in [2.75, 3.05) is 13.2 Å². The Bertz CT molecular complexity index is 3220. The number of carbonyl (C=O) groups excluding carboxylic acids is 13. The van der Waals surface area contributed by atoms with Crippen LogP contribution in [0.25, 0.3) is 10.9 Å². The second-order valence-corrected chi connectivity index (χ2v) is 26.0. The van der Waals surface area contributed by atoms with Gasteiger partial charge in [-0.1, -0.05) is 88.9 Å². The second-order valence-electron chi connectivity index (χ2n) is 26.0. The molecule has 2 aromatic carbocycles. The highest BCUT2D eigenvalue weighted by molar-refractivity contribution is 6.41. The summed E-state index contributed by atoms with van der Waals surface area (Å²) < 4.78 is 0. The molecule has 522 valence electrons. The lowest BCUT2D eigenvalue weighted by Crippen LogP contribution is -2.63. The van der Waals surface area contributed by atoms with Crippen LogP contribution in [0.3, 0.4) is 0 Å². The van der Waals surface area contributed by atoms with Crippen molar-refractivity contribution >= 4 is 87.3 Å². The number of hydrogen-bond donors (Lipinski definition) is 14. The third kappa shape index (κ3) is 25.4. The van der Waals surface area contributed by atoms with Crippen LogP contribution in [0.15, 0.2) is 66.9 Å². The largest absolute Gasteiger partial charge is 0.508 e. The molecule has 0 aliphatic carbocycles. The van der Waals surface area contributed by atoms with Crippen LogP contribution in [-0.2, 0) is 75.2 Å². The summed E-state index contributed by atoms with van der Waals surface area (Å²) in [5, 5.41) is 45.1. The fourth-order valence-corrected chi connectivity index (χ4v) is 11.0. The number of primary amides is 2. The smallest absolute Gasteiger partial charge is 0.246 e. The van der Waals surface area contributed by atoms with Gasteiger partial charge in [0.25, 0.3) is 0 Å². The molecule has 10 amide bonds. The summed E-state index contributed by atoms with van der Waals surface area (Å²) in [6.45, 7) is 12.4. The molecule has 2 heterocycles. The number of aromatic nitrogens is 1. The molecule has 1 aliphatic heterocycles. The zero-order valence-electron chi connectivity index (χ0n) is 56.2. The van der Waals surface area contributed by atoms with Crippen LogP contribution in [0.2, 0.25) is 0 Å². The molecule has 0 saturated carbocycles. The zero-order chi connectivity index (χ0) is 70.7. The molecule has 0 saturated heterocycles. The van der Waals surface area contributed by atoms with Crippen LogP contribution in [-0.4, -0.2) is 159 Å². The normalized spacial score (nSPS) is 24.6. The van der Waals surface area contributed by atoms with Gasteiger partial charge in [0.1, 0.15) is 53.3 Å². The van der Waals surface area contributed by atoms with E-state index in [4.69, 9.17) is 11.5 Å². The van der Waals surface area contributed by atoms with Gasteiger partial charge in [0.05, 0.1) is 30.0 Å². The van der Waals surface area contributed by atoms with Crippen molar-refractivity contribution in [2.24, 2.45) is 28.7 Å².